The molecule has 0 fully saturated rings. The third-order valence-electron chi connectivity index (χ3n) is 12.0. The first-order valence-corrected chi connectivity index (χ1v) is 19.4. The molecule has 0 bridgehead atoms. The maximum atomic E-state index is 9.25. The average molecular weight is 713 g/mol. The summed E-state index contributed by atoms with van der Waals surface area (Å²) in [5.74, 6) is 1.62. The largest absolute Gasteiger partial charge is 0.494 e. The van der Waals surface area contributed by atoms with Crippen molar-refractivity contribution in [1.82, 2.24) is 0 Å². The molecule has 7 aromatic carbocycles. The van der Waals surface area contributed by atoms with Crippen LogP contribution in [0, 0.1) is 0 Å². The fourth-order valence-corrected chi connectivity index (χ4v) is 9.66. The maximum Gasteiger partial charge on any atom is 0.248 e. The Hall–Kier alpha value is -6.01. The molecule has 5 nitrogen and oxygen atoms in total. The molecule has 7 heteroatoms. The van der Waals surface area contributed by atoms with Gasteiger partial charge in [-0.2, -0.15) is 0 Å². The number of hydrogen-bond donors (Lipinski definition) is 2. The minimum absolute atomic E-state index is 0.0879. The van der Waals surface area contributed by atoms with Gasteiger partial charge in [-0.25, -0.2) is 0 Å². The van der Waals surface area contributed by atoms with Crippen molar-refractivity contribution >= 4 is 63.3 Å². The lowest BCUT2D eigenvalue weighted by atomic mass is 9.32. The van der Waals surface area contributed by atoms with Crippen LogP contribution in [0.25, 0.3) is 44.5 Å². The van der Waals surface area contributed by atoms with Gasteiger partial charge in [-0.3, -0.25) is 0 Å². The van der Waals surface area contributed by atoms with Crippen molar-refractivity contribution in [3.05, 3.63) is 140 Å². The Balaban J connectivity index is 1.15. The molecular weight excluding hydrogens is 676 g/mol. The molecule has 0 aliphatic carbocycles. The second-order valence-corrected chi connectivity index (χ2v) is 15.0. The van der Waals surface area contributed by atoms with Crippen LogP contribution in [-0.4, -0.2) is 50.1 Å². The zero-order valence-electron chi connectivity index (χ0n) is 30.3. The van der Waals surface area contributed by atoms with Crippen molar-refractivity contribution < 1.29 is 19.7 Å². The lowest BCUT2D eigenvalue weighted by Crippen LogP contribution is -2.63. The van der Waals surface area contributed by atoms with E-state index >= 15 is 0 Å². The Labute approximate surface area is 321 Å². The predicted molar refractivity (Wildman–Crippen MR) is 227 cm³/mol. The minimum atomic E-state index is 0.0879. The van der Waals surface area contributed by atoms with E-state index in [2.05, 4.69) is 132 Å². The van der Waals surface area contributed by atoms with Crippen molar-refractivity contribution in [1.29, 1.82) is 0 Å². The summed E-state index contributed by atoms with van der Waals surface area (Å²) in [7, 11) is 0. The molecule has 4 aliphatic rings. The summed E-state index contributed by atoms with van der Waals surface area (Å²) < 4.78 is 11.8. The zero-order valence-corrected chi connectivity index (χ0v) is 30.3. The summed E-state index contributed by atoms with van der Waals surface area (Å²) >= 11 is 0. The second kappa shape index (κ2) is 12.8. The third kappa shape index (κ3) is 4.90. The van der Waals surface area contributed by atoms with E-state index in [1.54, 1.807) is 0 Å². The van der Waals surface area contributed by atoms with Crippen LogP contribution < -0.4 is 47.2 Å². The number of ether oxygens (including phenoxy) is 2. The predicted octanol–water partition coefficient (Wildman–Crippen LogP) is 5.63. The molecule has 0 amide bonds. The van der Waals surface area contributed by atoms with Crippen LogP contribution in [0.4, 0.5) is 17.1 Å². The highest BCUT2D eigenvalue weighted by atomic mass is 16.5. The molecule has 0 saturated heterocycles. The highest BCUT2D eigenvalue weighted by molar-refractivity contribution is 7.05. The van der Waals surface area contributed by atoms with E-state index in [9.17, 15) is 10.2 Å². The molecule has 0 spiro atoms. The number of fused-ring (bicyclic) bond motifs is 10. The monoisotopic (exact) mass is 713 g/mol. The first-order valence-electron chi connectivity index (χ1n) is 19.4. The van der Waals surface area contributed by atoms with Crippen LogP contribution in [0.15, 0.2) is 140 Å². The molecule has 0 radical (unpaired) electrons. The van der Waals surface area contributed by atoms with Gasteiger partial charge in [0.15, 0.2) is 0 Å². The molecule has 0 aromatic heterocycles. The van der Waals surface area contributed by atoms with Crippen molar-refractivity contribution in [2.45, 2.75) is 12.8 Å². The molecule has 0 atom stereocenters. The molecule has 0 saturated carbocycles. The first kappa shape index (κ1) is 32.4. The SMILES string of the molecule is OCCCOc1ccc(-c2cc3c4c(c2)B2c5ccccc5-c5cc(-c6ccc(OCCCO)cc6)cc(c52)N4c2cccc4c2B3c2ccccc2-4)cc1. The summed E-state index contributed by atoms with van der Waals surface area (Å²) in [4.78, 5) is 2.59. The highest BCUT2D eigenvalue weighted by Crippen LogP contribution is 2.46. The number of benzene rings is 7. The molecular formula is C48H37B2NO4. The Kier molecular flexibility index (Phi) is 7.55. The van der Waals surface area contributed by atoms with Crippen LogP contribution in [0.5, 0.6) is 11.5 Å². The van der Waals surface area contributed by atoms with Gasteiger partial charge in [-0.1, -0.05) is 108 Å². The summed E-state index contributed by atoms with van der Waals surface area (Å²) in [5, 5.41) is 18.5. The lowest BCUT2D eigenvalue weighted by molar-refractivity contribution is 0.233. The van der Waals surface area contributed by atoms with Crippen molar-refractivity contribution in [2.24, 2.45) is 0 Å². The zero-order chi connectivity index (χ0) is 36.6. The number of anilines is 3. The van der Waals surface area contributed by atoms with Gasteiger partial charge in [0, 0.05) is 43.1 Å². The van der Waals surface area contributed by atoms with E-state index in [1.807, 2.05) is 12.1 Å². The van der Waals surface area contributed by atoms with Crippen molar-refractivity contribution in [3.8, 4) is 56.0 Å². The molecule has 4 heterocycles. The summed E-state index contributed by atoms with van der Waals surface area (Å²) in [6, 6.07) is 51.4. The highest BCUT2D eigenvalue weighted by Gasteiger charge is 2.49. The van der Waals surface area contributed by atoms with Crippen LogP contribution in [0.2, 0.25) is 0 Å². The molecule has 4 aliphatic heterocycles. The first-order chi connectivity index (χ1) is 27.2. The molecule has 2 N–H and O–H groups in total. The molecule has 55 heavy (non-hydrogen) atoms. The number of aliphatic hydroxyl groups excluding tert-OH is 2. The minimum Gasteiger partial charge on any atom is -0.494 e. The smallest absolute Gasteiger partial charge is 0.248 e. The van der Waals surface area contributed by atoms with Crippen molar-refractivity contribution in [3.63, 3.8) is 0 Å². The number of hydrogen-bond acceptors (Lipinski definition) is 5. The van der Waals surface area contributed by atoms with E-state index in [0.717, 1.165) is 22.6 Å². The Bertz CT molecular complexity index is 2640. The Morgan fingerprint density at radius 2 is 0.945 bits per heavy atom. The van der Waals surface area contributed by atoms with Gasteiger partial charge in [0.25, 0.3) is 0 Å². The van der Waals surface area contributed by atoms with Crippen LogP contribution in [0.1, 0.15) is 12.8 Å². The van der Waals surface area contributed by atoms with Crippen molar-refractivity contribution in [2.75, 3.05) is 31.3 Å². The topological polar surface area (TPSA) is 62.2 Å². The van der Waals surface area contributed by atoms with E-state index in [4.69, 9.17) is 9.47 Å². The van der Waals surface area contributed by atoms with Gasteiger partial charge in [-0.15, -0.1) is 0 Å². The fourth-order valence-electron chi connectivity index (χ4n) is 9.66. The van der Waals surface area contributed by atoms with Gasteiger partial charge < -0.3 is 24.6 Å². The quantitative estimate of drug-likeness (QED) is 0.142. The van der Waals surface area contributed by atoms with E-state index in [-0.39, 0.29) is 26.6 Å². The maximum absolute atomic E-state index is 9.25. The van der Waals surface area contributed by atoms with Crippen LogP contribution in [0.3, 0.4) is 0 Å². The molecule has 11 rings (SSSR count). The average Bonchev–Trinajstić information content (AvgIpc) is 3.76. The van der Waals surface area contributed by atoms with Gasteiger partial charge in [0.2, 0.25) is 13.4 Å². The van der Waals surface area contributed by atoms with Crippen LogP contribution >= 0.6 is 0 Å². The van der Waals surface area contributed by atoms with Gasteiger partial charge in [-0.05, 0) is 109 Å². The van der Waals surface area contributed by atoms with E-state index < -0.39 is 0 Å². The van der Waals surface area contributed by atoms with Crippen LogP contribution in [-0.2, 0) is 0 Å². The Morgan fingerprint density at radius 1 is 0.436 bits per heavy atom. The van der Waals surface area contributed by atoms with E-state index in [0.29, 0.717) is 26.1 Å². The standard InChI is InChI=1S/C48H37B2NO4/c52-22-6-24-54-34-18-14-30(15-19-34)32-26-39-37-9-2-4-12-41(37)50-43-28-33(31-16-20-35(21-17-31)55-25-7-23-53)27-42-48(43)51(45(29-32)47(39)50)44-13-5-10-38-36-8-1-3-11-40(36)49(42)46(38)44/h1-5,8-21,26-29,52-53H,6-7,22-25H2. The summed E-state index contributed by atoms with van der Waals surface area (Å²) in [6.07, 6.45) is 1.22. The fraction of sp³-hybridized carbons (Fsp3) is 0.125. The number of nitrogens with zero attached hydrogens (tertiary/aromatic N) is 1. The molecule has 0 unspecified atom stereocenters. The third-order valence-corrected chi connectivity index (χ3v) is 12.0. The number of rotatable bonds is 10. The Morgan fingerprint density at radius 3 is 1.53 bits per heavy atom. The normalized spacial score (nSPS) is 13.2. The number of aliphatic hydroxyl groups is 2. The van der Waals surface area contributed by atoms with E-state index in [1.165, 1.54) is 83.2 Å². The second-order valence-electron chi connectivity index (χ2n) is 15.0. The summed E-state index contributed by atoms with van der Waals surface area (Å²) in [6.45, 7) is 1.43. The molecule has 264 valence electrons. The lowest BCUT2D eigenvalue weighted by Gasteiger charge is -2.43. The van der Waals surface area contributed by atoms with Gasteiger partial charge in [0.1, 0.15) is 11.5 Å². The van der Waals surface area contributed by atoms with Gasteiger partial charge >= 0.3 is 0 Å². The summed E-state index contributed by atoms with van der Waals surface area (Å²) in [5.41, 5.74) is 21.8. The molecule has 7 aromatic rings. The van der Waals surface area contributed by atoms with Gasteiger partial charge in [0.05, 0.1) is 13.2 Å².